The maximum absolute atomic E-state index is 11.9. The molecular formula is C16H26ClN3O2. The number of carbonyl (C=O) groups is 2. The number of aryl methyl sites for hydroxylation is 3. The Morgan fingerprint density at radius 2 is 1.68 bits per heavy atom. The monoisotopic (exact) mass is 327 g/mol. The Hall–Kier alpha value is -1.59. The Balaban J connectivity index is 0.00000441. The lowest BCUT2D eigenvalue weighted by Gasteiger charge is -2.13. The van der Waals surface area contributed by atoms with E-state index in [1.807, 2.05) is 39.8 Å². The quantitative estimate of drug-likeness (QED) is 0.749. The molecule has 0 radical (unpaired) electrons. The number of nitrogens with two attached hydrogens (primary N) is 1. The Morgan fingerprint density at radius 1 is 1.14 bits per heavy atom. The fraction of sp³-hybridized carbons (Fsp3) is 0.500. The van der Waals surface area contributed by atoms with E-state index in [1.165, 1.54) is 0 Å². The van der Waals surface area contributed by atoms with Gasteiger partial charge in [-0.05, 0) is 45.2 Å². The zero-order valence-electron chi connectivity index (χ0n) is 13.7. The summed E-state index contributed by atoms with van der Waals surface area (Å²) in [4.78, 5) is 23.4. The van der Waals surface area contributed by atoms with Gasteiger partial charge < -0.3 is 16.4 Å². The van der Waals surface area contributed by atoms with Crippen molar-refractivity contribution >= 4 is 29.9 Å². The third-order valence-electron chi connectivity index (χ3n) is 3.21. The summed E-state index contributed by atoms with van der Waals surface area (Å²) in [6.07, 6.45) is 0.956. The molecule has 124 valence electrons. The molecule has 1 atom stereocenters. The molecule has 0 saturated heterocycles. The summed E-state index contributed by atoms with van der Waals surface area (Å²) < 4.78 is 0. The molecule has 5 nitrogen and oxygen atoms in total. The van der Waals surface area contributed by atoms with Crippen LogP contribution in [0.3, 0.4) is 0 Å². The highest BCUT2D eigenvalue weighted by Gasteiger charge is 2.10. The average molecular weight is 328 g/mol. The second-order valence-electron chi connectivity index (χ2n) is 5.61. The molecular weight excluding hydrogens is 302 g/mol. The number of hydrogen-bond acceptors (Lipinski definition) is 3. The molecule has 1 aromatic carbocycles. The van der Waals surface area contributed by atoms with E-state index in [2.05, 4.69) is 10.6 Å². The summed E-state index contributed by atoms with van der Waals surface area (Å²) in [5.74, 6) is -0.376. The molecule has 1 aromatic rings. The number of rotatable bonds is 6. The van der Waals surface area contributed by atoms with Gasteiger partial charge in [0.1, 0.15) is 0 Å². The van der Waals surface area contributed by atoms with Crippen LogP contribution in [0.15, 0.2) is 12.1 Å². The molecule has 0 heterocycles. The number of anilines is 1. The maximum Gasteiger partial charge on any atom is 0.243 e. The van der Waals surface area contributed by atoms with Gasteiger partial charge in [0.2, 0.25) is 11.8 Å². The smallest absolute Gasteiger partial charge is 0.243 e. The minimum absolute atomic E-state index is 0. The minimum atomic E-state index is -0.223. The Kier molecular flexibility index (Phi) is 8.75. The summed E-state index contributed by atoms with van der Waals surface area (Å²) in [5, 5.41) is 5.45. The fourth-order valence-corrected chi connectivity index (χ4v) is 2.19. The van der Waals surface area contributed by atoms with E-state index in [0.717, 1.165) is 22.4 Å². The lowest BCUT2D eigenvalue weighted by molar-refractivity contribution is -0.124. The summed E-state index contributed by atoms with van der Waals surface area (Å²) in [6, 6.07) is 4.02. The number of halogens is 1. The van der Waals surface area contributed by atoms with Gasteiger partial charge in [0.05, 0.1) is 6.54 Å². The molecule has 1 unspecified atom stereocenters. The van der Waals surface area contributed by atoms with Gasteiger partial charge in [-0.15, -0.1) is 12.4 Å². The van der Waals surface area contributed by atoms with E-state index >= 15 is 0 Å². The third-order valence-corrected chi connectivity index (χ3v) is 3.21. The number of nitrogens with one attached hydrogen (secondary N) is 2. The van der Waals surface area contributed by atoms with E-state index in [4.69, 9.17) is 5.73 Å². The first-order valence-corrected chi connectivity index (χ1v) is 7.19. The third kappa shape index (κ3) is 6.91. The molecule has 4 N–H and O–H groups in total. The molecule has 0 saturated carbocycles. The zero-order valence-corrected chi connectivity index (χ0v) is 14.5. The van der Waals surface area contributed by atoms with E-state index in [1.54, 1.807) is 0 Å². The van der Waals surface area contributed by atoms with Crippen LogP contribution in [0.25, 0.3) is 0 Å². The van der Waals surface area contributed by atoms with Crippen LogP contribution in [-0.2, 0) is 9.59 Å². The van der Waals surface area contributed by atoms with Crippen LogP contribution in [0.2, 0.25) is 0 Å². The molecule has 0 aliphatic rings. The van der Waals surface area contributed by atoms with Crippen LogP contribution in [0.5, 0.6) is 0 Å². The van der Waals surface area contributed by atoms with Crippen LogP contribution >= 0.6 is 12.4 Å². The first kappa shape index (κ1) is 20.4. The van der Waals surface area contributed by atoms with Gasteiger partial charge in [-0.25, -0.2) is 0 Å². The number of benzene rings is 1. The molecule has 6 heteroatoms. The van der Waals surface area contributed by atoms with Crippen molar-refractivity contribution in [2.45, 2.75) is 46.6 Å². The fourth-order valence-electron chi connectivity index (χ4n) is 2.19. The summed E-state index contributed by atoms with van der Waals surface area (Å²) >= 11 is 0. The molecule has 1 rings (SSSR count). The van der Waals surface area contributed by atoms with Crippen LogP contribution in [-0.4, -0.2) is 24.4 Å². The summed E-state index contributed by atoms with van der Waals surface area (Å²) in [6.45, 7) is 7.76. The van der Waals surface area contributed by atoms with Crippen LogP contribution in [0.1, 0.15) is 36.5 Å². The van der Waals surface area contributed by atoms with Crippen molar-refractivity contribution in [3.05, 3.63) is 28.8 Å². The predicted octanol–water partition coefficient (Wildman–Crippen LogP) is 2.22. The number of amides is 2. The van der Waals surface area contributed by atoms with E-state index in [9.17, 15) is 9.59 Å². The van der Waals surface area contributed by atoms with E-state index in [0.29, 0.717) is 12.8 Å². The van der Waals surface area contributed by atoms with Gasteiger partial charge in [-0.2, -0.15) is 0 Å². The van der Waals surface area contributed by atoms with Gasteiger partial charge in [0.15, 0.2) is 0 Å². The number of carbonyl (C=O) groups excluding carboxylic acids is 2. The first-order valence-electron chi connectivity index (χ1n) is 7.19. The first-order chi connectivity index (χ1) is 9.79. The van der Waals surface area contributed by atoms with Crippen molar-refractivity contribution < 1.29 is 9.59 Å². The number of hydrogen-bond donors (Lipinski definition) is 3. The van der Waals surface area contributed by atoms with Crippen LogP contribution in [0, 0.1) is 20.8 Å². The van der Waals surface area contributed by atoms with Crippen molar-refractivity contribution in [3.63, 3.8) is 0 Å². The Labute approximate surface area is 138 Å². The van der Waals surface area contributed by atoms with Crippen LogP contribution in [0.4, 0.5) is 5.69 Å². The van der Waals surface area contributed by atoms with Crippen molar-refractivity contribution in [2.24, 2.45) is 5.73 Å². The molecule has 0 aliphatic carbocycles. The van der Waals surface area contributed by atoms with Gasteiger partial charge >= 0.3 is 0 Å². The molecule has 0 bridgehead atoms. The van der Waals surface area contributed by atoms with E-state index in [-0.39, 0.29) is 36.8 Å². The molecule has 2 amide bonds. The standard InChI is InChI=1S/C16H25N3O2.ClH/c1-10-7-11(2)16(12(3)8-10)19-15(21)9-18-14(20)6-5-13(4)17;/h7-8,13H,5-6,9,17H2,1-4H3,(H,18,20)(H,19,21);1H. The Bertz CT molecular complexity index is 507. The van der Waals surface area contributed by atoms with E-state index < -0.39 is 0 Å². The highest BCUT2D eigenvalue weighted by atomic mass is 35.5. The second-order valence-corrected chi connectivity index (χ2v) is 5.61. The van der Waals surface area contributed by atoms with Gasteiger partial charge in [-0.1, -0.05) is 17.7 Å². The van der Waals surface area contributed by atoms with Crippen molar-refractivity contribution in [1.82, 2.24) is 5.32 Å². The Morgan fingerprint density at radius 3 is 2.18 bits per heavy atom. The predicted molar refractivity (Wildman–Crippen MR) is 92.4 cm³/mol. The van der Waals surface area contributed by atoms with Crippen molar-refractivity contribution in [3.8, 4) is 0 Å². The molecule has 22 heavy (non-hydrogen) atoms. The SMILES string of the molecule is Cc1cc(C)c(NC(=O)CNC(=O)CCC(C)N)c(C)c1.Cl. The molecule has 0 aliphatic heterocycles. The summed E-state index contributed by atoms with van der Waals surface area (Å²) in [5.41, 5.74) is 9.60. The topological polar surface area (TPSA) is 84.2 Å². The van der Waals surface area contributed by atoms with Gasteiger partial charge in [0, 0.05) is 18.2 Å². The second kappa shape index (κ2) is 9.43. The largest absolute Gasteiger partial charge is 0.347 e. The molecule has 0 spiro atoms. The lowest BCUT2D eigenvalue weighted by atomic mass is 10.1. The van der Waals surface area contributed by atoms with Crippen LogP contribution < -0.4 is 16.4 Å². The van der Waals surface area contributed by atoms with Gasteiger partial charge in [0.25, 0.3) is 0 Å². The molecule has 0 aromatic heterocycles. The molecule has 0 fully saturated rings. The zero-order chi connectivity index (χ0) is 16.0. The average Bonchev–Trinajstić information content (AvgIpc) is 2.38. The van der Waals surface area contributed by atoms with Crippen molar-refractivity contribution in [1.29, 1.82) is 0 Å². The highest BCUT2D eigenvalue weighted by molar-refractivity contribution is 5.95. The maximum atomic E-state index is 11.9. The van der Waals surface area contributed by atoms with Gasteiger partial charge in [-0.3, -0.25) is 9.59 Å². The minimum Gasteiger partial charge on any atom is -0.347 e. The lowest BCUT2D eigenvalue weighted by Crippen LogP contribution is -2.33. The van der Waals surface area contributed by atoms with Crippen molar-refractivity contribution in [2.75, 3.05) is 11.9 Å². The summed E-state index contributed by atoms with van der Waals surface area (Å²) in [7, 11) is 0. The highest BCUT2D eigenvalue weighted by Crippen LogP contribution is 2.21. The normalized spacial score (nSPS) is 11.3.